The topological polar surface area (TPSA) is 38.5 Å². The van der Waals surface area contributed by atoms with Crippen LogP contribution in [0, 0.1) is 5.92 Å². The first-order valence-electron chi connectivity index (χ1n) is 7.72. The van der Waals surface area contributed by atoms with E-state index in [9.17, 15) is 0 Å². The number of piperidine rings is 1. The van der Waals surface area contributed by atoms with E-state index in [1.54, 1.807) is 7.11 Å². The molecule has 1 aromatic rings. The van der Waals surface area contributed by atoms with Gasteiger partial charge in [-0.25, -0.2) is 0 Å². The quantitative estimate of drug-likeness (QED) is 0.898. The van der Waals surface area contributed by atoms with E-state index in [4.69, 9.17) is 10.5 Å². The summed E-state index contributed by atoms with van der Waals surface area (Å²) in [6, 6.07) is 9.67. The van der Waals surface area contributed by atoms with Crippen LogP contribution in [-0.2, 0) is 6.42 Å². The molecule has 1 aromatic carbocycles. The first-order chi connectivity index (χ1) is 9.63. The number of nitrogens with zero attached hydrogens (tertiary/aromatic N) is 1. The van der Waals surface area contributed by atoms with Crippen molar-refractivity contribution in [1.82, 2.24) is 4.90 Å². The number of hydrogen-bond acceptors (Lipinski definition) is 3. The molecule has 1 aliphatic heterocycles. The summed E-state index contributed by atoms with van der Waals surface area (Å²) in [5.74, 6) is 1.60. The van der Waals surface area contributed by atoms with E-state index in [0.29, 0.717) is 18.0 Å². The van der Waals surface area contributed by atoms with Crippen LogP contribution in [-0.4, -0.2) is 37.2 Å². The van der Waals surface area contributed by atoms with Crippen LogP contribution < -0.4 is 10.5 Å². The Hall–Kier alpha value is -1.06. The molecule has 1 aliphatic rings. The first-order valence-corrected chi connectivity index (χ1v) is 7.72. The van der Waals surface area contributed by atoms with Crippen LogP contribution in [0.4, 0.5) is 0 Å². The van der Waals surface area contributed by atoms with Crippen molar-refractivity contribution in [2.24, 2.45) is 11.7 Å². The molecule has 3 unspecified atom stereocenters. The maximum absolute atomic E-state index is 5.86. The maximum atomic E-state index is 5.86. The van der Waals surface area contributed by atoms with Gasteiger partial charge in [-0.15, -0.1) is 0 Å². The van der Waals surface area contributed by atoms with Crippen molar-refractivity contribution in [2.75, 3.05) is 20.2 Å². The Morgan fingerprint density at radius 3 is 2.60 bits per heavy atom. The third-order valence-corrected chi connectivity index (χ3v) is 4.62. The summed E-state index contributed by atoms with van der Waals surface area (Å²) >= 11 is 0. The van der Waals surface area contributed by atoms with Gasteiger partial charge in [0.25, 0.3) is 0 Å². The molecular formula is C17H28N2O. The van der Waals surface area contributed by atoms with E-state index < -0.39 is 0 Å². The summed E-state index contributed by atoms with van der Waals surface area (Å²) in [6.07, 6.45) is 3.64. The van der Waals surface area contributed by atoms with Gasteiger partial charge in [0.2, 0.25) is 0 Å². The molecule has 0 spiro atoms. The van der Waals surface area contributed by atoms with Crippen molar-refractivity contribution < 1.29 is 4.74 Å². The van der Waals surface area contributed by atoms with Crippen LogP contribution in [0.15, 0.2) is 24.3 Å². The normalized spacial score (nSPS) is 25.4. The number of nitrogens with two attached hydrogens (primary N) is 1. The standard InChI is InChI=1S/C17H28N2O/c1-13-4-5-16(11-18)12-19(13)14(2)10-15-6-8-17(20-3)9-7-15/h6-9,13-14,16H,4-5,10-12,18H2,1-3H3. The third kappa shape index (κ3) is 3.74. The number of methoxy groups -OCH3 is 1. The fraction of sp³-hybridized carbons (Fsp3) is 0.647. The first kappa shape index (κ1) is 15.3. The second-order valence-corrected chi connectivity index (χ2v) is 6.13. The summed E-state index contributed by atoms with van der Waals surface area (Å²) in [4.78, 5) is 2.63. The minimum atomic E-state index is 0.563. The summed E-state index contributed by atoms with van der Waals surface area (Å²) in [5.41, 5.74) is 7.23. The second kappa shape index (κ2) is 7.09. The van der Waals surface area contributed by atoms with E-state index in [-0.39, 0.29) is 0 Å². The SMILES string of the molecule is COc1ccc(CC(C)N2CC(CN)CCC2C)cc1. The van der Waals surface area contributed by atoms with E-state index >= 15 is 0 Å². The van der Waals surface area contributed by atoms with Gasteiger partial charge in [-0.05, 0) is 63.3 Å². The van der Waals surface area contributed by atoms with Crippen molar-refractivity contribution in [2.45, 2.75) is 45.2 Å². The van der Waals surface area contributed by atoms with Gasteiger partial charge < -0.3 is 10.5 Å². The predicted molar refractivity (Wildman–Crippen MR) is 84.1 cm³/mol. The summed E-state index contributed by atoms with van der Waals surface area (Å²) in [6.45, 7) is 6.64. The lowest BCUT2D eigenvalue weighted by molar-refractivity contribution is 0.0814. The van der Waals surface area contributed by atoms with Crippen LogP contribution in [0.5, 0.6) is 5.75 Å². The highest BCUT2D eigenvalue weighted by Gasteiger charge is 2.27. The van der Waals surface area contributed by atoms with Gasteiger partial charge >= 0.3 is 0 Å². The second-order valence-electron chi connectivity index (χ2n) is 6.13. The summed E-state index contributed by atoms with van der Waals surface area (Å²) in [5, 5.41) is 0. The molecule has 3 heteroatoms. The minimum Gasteiger partial charge on any atom is -0.497 e. The number of ether oxygens (including phenoxy) is 1. The molecule has 0 aromatic heterocycles. The molecule has 2 rings (SSSR count). The Kier molecular flexibility index (Phi) is 5.44. The average molecular weight is 276 g/mol. The Labute approximate surface area is 123 Å². The zero-order valence-electron chi connectivity index (χ0n) is 13.0. The van der Waals surface area contributed by atoms with Crippen LogP contribution in [0.25, 0.3) is 0 Å². The number of hydrogen-bond donors (Lipinski definition) is 1. The predicted octanol–water partition coefficient (Wildman–Crippen LogP) is 2.69. The Morgan fingerprint density at radius 2 is 2.00 bits per heavy atom. The van der Waals surface area contributed by atoms with E-state index in [1.807, 2.05) is 12.1 Å². The molecule has 0 radical (unpaired) electrons. The molecule has 0 amide bonds. The van der Waals surface area contributed by atoms with Gasteiger partial charge in [0, 0.05) is 18.6 Å². The van der Waals surface area contributed by atoms with Crippen LogP contribution in [0.2, 0.25) is 0 Å². The van der Waals surface area contributed by atoms with E-state index in [0.717, 1.165) is 25.3 Å². The summed E-state index contributed by atoms with van der Waals surface area (Å²) in [7, 11) is 1.71. The van der Waals surface area contributed by atoms with Gasteiger partial charge in [0.05, 0.1) is 7.11 Å². The van der Waals surface area contributed by atoms with Crippen molar-refractivity contribution in [3.8, 4) is 5.75 Å². The molecule has 3 nitrogen and oxygen atoms in total. The van der Waals surface area contributed by atoms with Crippen molar-refractivity contribution in [3.63, 3.8) is 0 Å². The monoisotopic (exact) mass is 276 g/mol. The number of benzene rings is 1. The lowest BCUT2D eigenvalue weighted by Crippen LogP contribution is -2.48. The number of rotatable bonds is 5. The third-order valence-electron chi connectivity index (χ3n) is 4.62. The molecule has 0 bridgehead atoms. The van der Waals surface area contributed by atoms with Gasteiger partial charge in [0.15, 0.2) is 0 Å². The molecule has 3 atom stereocenters. The molecule has 0 saturated carbocycles. The van der Waals surface area contributed by atoms with Gasteiger partial charge in [-0.3, -0.25) is 4.90 Å². The fourth-order valence-corrected chi connectivity index (χ4v) is 3.24. The largest absolute Gasteiger partial charge is 0.497 e. The molecule has 112 valence electrons. The molecule has 1 fully saturated rings. The molecule has 1 heterocycles. The van der Waals surface area contributed by atoms with Crippen molar-refractivity contribution in [1.29, 1.82) is 0 Å². The van der Waals surface area contributed by atoms with Gasteiger partial charge in [0.1, 0.15) is 5.75 Å². The minimum absolute atomic E-state index is 0.563. The van der Waals surface area contributed by atoms with Gasteiger partial charge in [-0.1, -0.05) is 12.1 Å². The highest BCUT2D eigenvalue weighted by atomic mass is 16.5. The highest BCUT2D eigenvalue weighted by molar-refractivity contribution is 5.27. The Bertz CT molecular complexity index is 404. The van der Waals surface area contributed by atoms with E-state index in [2.05, 4.69) is 30.9 Å². The smallest absolute Gasteiger partial charge is 0.118 e. The zero-order chi connectivity index (χ0) is 14.5. The molecule has 1 saturated heterocycles. The Morgan fingerprint density at radius 1 is 1.30 bits per heavy atom. The summed E-state index contributed by atoms with van der Waals surface area (Å²) < 4.78 is 5.21. The lowest BCUT2D eigenvalue weighted by atomic mass is 9.91. The van der Waals surface area contributed by atoms with E-state index in [1.165, 1.54) is 18.4 Å². The lowest BCUT2D eigenvalue weighted by Gasteiger charge is -2.41. The Balaban J connectivity index is 1.96. The van der Waals surface area contributed by atoms with Crippen LogP contribution in [0.1, 0.15) is 32.3 Å². The van der Waals surface area contributed by atoms with Crippen molar-refractivity contribution >= 4 is 0 Å². The molecule has 2 N–H and O–H groups in total. The van der Waals surface area contributed by atoms with Crippen molar-refractivity contribution in [3.05, 3.63) is 29.8 Å². The van der Waals surface area contributed by atoms with Crippen LogP contribution >= 0.6 is 0 Å². The molecular weight excluding hydrogens is 248 g/mol. The maximum Gasteiger partial charge on any atom is 0.118 e. The molecule has 0 aliphatic carbocycles. The van der Waals surface area contributed by atoms with Gasteiger partial charge in [-0.2, -0.15) is 0 Å². The fourth-order valence-electron chi connectivity index (χ4n) is 3.24. The average Bonchev–Trinajstić information content (AvgIpc) is 2.48. The molecule has 20 heavy (non-hydrogen) atoms. The highest BCUT2D eigenvalue weighted by Crippen LogP contribution is 2.25. The van der Waals surface area contributed by atoms with Crippen LogP contribution in [0.3, 0.4) is 0 Å². The number of likely N-dealkylation sites (tertiary alicyclic amines) is 1. The zero-order valence-corrected chi connectivity index (χ0v) is 13.0.